The summed E-state index contributed by atoms with van der Waals surface area (Å²) < 4.78 is 0. The van der Waals surface area contributed by atoms with Crippen molar-refractivity contribution in [2.24, 2.45) is 0 Å². The van der Waals surface area contributed by atoms with Gasteiger partial charge in [0.25, 0.3) is 0 Å². The summed E-state index contributed by atoms with van der Waals surface area (Å²) in [7, 11) is 0.417. The summed E-state index contributed by atoms with van der Waals surface area (Å²) >= 11 is 0. The molecule has 2 aromatic carbocycles. The zero-order valence-electron chi connectivity index (χ0n) is 17.1. The molecule has 0 aliphatic heterocycles. The van der Waals surface area contributed by atoms with Gasteiger partial charge in [-0.05, 0) is 0 Å². The second-order valence-corrected chi connectivity index (χ2v) is 7.64. The van der Waals surface area contributed by atoms with E-state index in [1.807, 2.05) is 0 Å². The average Bonchev–Trinajstić information content (AvgIpc) is 2.77. The molecule has 0 N–H and O–H groups in total. The first-order valence-corrected chi connectivity index (χ1v) is 10.9. The van der Waals surface area contributed by atoms with Crippen LogP contribution in [0.2, 0.25) is 13.1 Å². The Labute approximate surface area is 184 Å². The van der Waals surface area contributed by atoms with Crippen molar-refractivity contribution in [3.8, 4) is 0 Å². The molecule has 0 aliphatic rings. The summed E-state index contributed by atoms with van der Waals surface area (Å²) in [6.07, 6.45) is 0. The van der Waals surface area contributed by atoms with E-state index in [0.29, 0.717) is 9.52 Å². The molecule has 24 heavy (non-hydrogen) atoms. The number of hydrogen-bond acceptors (Lipinski definition) is 0. The number of aryl methyl sites for hydroxylation is 4. The molecule has 0 radical (unpaired) electrons. The minimum absolute atomic E-state index is 0. The van der Waals surface area contributed by atoms with Crippen molar-refractivity contribution in [3.63, 3.8) is 0 Å². The van der Waals surface area contributed by atoms with E-state index < -0.39 is 0 Å². The van der Waals surface area contributed by atoms with Gasteiger partial charge in [-0.1, -0.05) is 68.5 Å². The van der Waals surface area contributed by atoms with Crippen molar-refractivity contribution < 1.29 is 51.0 Å². The van der Waals surface area contributed by atoms with Gasteiger partial charge in [0.2, 0.25) is 0 Å². The molecule has 0 spiro atoms. The van der Waals surface area contributed by atoms with E-state index in [1.165, 1.54) is 44.5 Å². The summed E-state index contributed by atoms with van der Waals surface area (Å²) in [5.74, 6) is 0. The zero-order valence-corrected chi connectivity index (χ0v) is 22.5. The predicted molar refractivity (Wildman–Crippen MR) is 102 cm³/mol. The Balaban J connectivity index is -0.000000130. The van der Waals surface area contributed by atoms with Crippen molar-refractivity contribution in [1.82, 2.24) is 0 Å². The van der Waals surface area contributed by atoms with Gasteiger partial charge in [-0.25, -0.2) is 0 Å². The van der Waals surface area contributed by atoms with Crippen LogP contribution < -0.4 is 24.8 Å². The zero-order chi connectivity index (χ0) is 16.7. The molecule has 0 aliphatic carbocycles. The molecule has 0 atom stereocenters. The third-order valence-electron chi connectivity index (χ3n) is 4.36. The standard InChI is InChI=1S/2C9H13.C2H8Si.2ClH.Zr/c2*1-6-5-7(2)9(4)8(6)3;1-3-2;;;/h2*5H,1-4H3;3H2,1-2H3;2*1H;/q2*-1;;;;+4/p-2. The van der Waals surface area contributed by atoms with Crippen LogP contribution in [0.1, 0.15) is 44.5 Å². The third-order valence-corrected chi connectivity index (χ3v) is 4.36. The first kappa shape index (κ1) is 32.1. The van der Waals surface area contributed by atoms with Crippen LogP contribution in [0.15, 0.2) is 12.1 Å². The maximum atomic E-state index is 2.26. The Bertz CT molecular complexity index is 473. The molecule has 2 aromatic rings. The van der Waals surface area contributed by atoms with E-state index >= 15 is 0 Å². The minimum Gasteiger partial charge on any atom is -1.00 e. The molecule has 0 bridgehead atoms. The average molecular weight is 465 g/mol. The van der Waals surface area contributed by atoms with Gasteiger partial charge >= 0.3 is 26.2 Å². The number of rotatable bonds is 0. The van der Waals surface area contributed by atoms with Crippen molar-refractivity contribution >= 4 is 9.52 Å². The molecule has 4 heteroatoms. The Morgan fingerprint density at radius 1 is 0.667 bits per heavy atom. The quantitative estimate of drug-likeness (QED) is 0.366. The van der Waals surface area contributed by atoms with E-state index in [2.05, 4.69) is 80.6 Å². The fourth-order valence-electron chi connectivity index (χ4n) is 2.27. The Kier molecular flexibility index (Phi) is 20.9. The fraction of sp³-hybridized carbons (Fsp3) is 0.500. The molecular weight excluding hydrogens is 430 g/mol. The van der Waals surface area contributed by atoms with Crippen LogP contribution >= 0.6 is 0 Å². The van der Waals surface area contributed by atoms with Crippen LogP contribution in [-0.2, 0) is 26.2 Å². The third kappa shape index (κ3) is 9.76. The van der Waals surface area contributed by atoms with E-state index in [0.717, 1.165) is 0 Å². The van der Waals surface area contributed by atoms with Crippen molar-refractivity contribution in [1.29, 1.82) is 0 Å². The smallest absolute Gasteiger partial charge is 1.00 e. The molecule has 0 saturated heterocycles. The van der Waals surface area contributed by atoms with E-state index in [1.54, 1.807) is 0 Å². The normalized spacial score (nSPS) is 8.42. The largest absolute Gasteiger partial charge is 4.00 e. The number of halogens is 2. The molecule has 0 nitrogen and oxygen atoms in total. The second kappa shape index (κ2) is 15.6. The SMILES string of the molecule is C[SiH2]C.Cc1c[c-](C)c(C)c1C.Cc1c[c-](C)c(C)c1C.[Cl-].[Cl-].[Zr+4]. The Hall–Kier alpha value is 0.380. The predicted octanol–water partition coefficient (Wildman–Crippen LogP) is -0.465. The van der Waals surface area contributed by atoms with Crippen LogP contribution in [0.5, 0.6) is 0 Å². The summed E-state index contributed by atoms with van der Waals surface area (Å²) in [5.41, 5.74) is 11.5. The Morgan fingerprint density at radius 3 is 0.917 bits per heavy atom. The van der Waals surface area contributed by atoms with Gasteiger partial charge in [-0.15, -0.1) is 0 Å². The molecule has 0 amide bonds. The maximum Gasteiger partial charge on any atom is 4.00 e. The maximum absolute atomic E-state index is 2.26. The molecule has 0 saturated carbocycles. The molecule has 0 heterocycles. The molecule has 136 valence electrons. The molecule has 0 unspecified atom stereocenters. The summed E-state index contributed by atoms with van der Waals surface area (Å²) in [6.45, 7) is 21.9. The first-order chi connectivity index (χ1) is 9.67. The summed E-state index contributed by atoms with van der Waals surface area (Å²) in [5, 5.41) is 0. The van der Waals surface area contributed by atoms with Gasteiger partial charge in [0.15, 0.2) is 0 Å². The van der Waals surface area contributed by atoms with Gasteiger partial charge in [0.1, 0.15) is 0 Å². The van der Waals surface area contributed by atoms with Crippen LogP contribution in [-0.4, -0.2) is 9.52 Å². The second-order valence-electron chi connectivity index (χ2n) is 6.23. The minimum atomic E-state index is 0. The van der Waals surface area contributed by atoms with E-state index in [-0.39, 0.29) is 51.0 Å². The monoisotopic (exact) mass is 462 g/mol. The first-order valence-electron chi connectivity index (χ1n) is 8.07. The molecule has 0 aromatic heterocycles. The fourth-order valence-corrected chi connectivity index (χ4v) is 2.27. The van der Waals surface area contributed by atoms with Crippen LogP contribution in [0.4, 0.5) is 0 Å². The summed E-state index contributed by atoms with van der Waals surface area (Å²) in [4.78, 5) is 0. The molecule has 2 rings (SSSR count). The van der Waals surface area contributed by atoms with Gasteiger partial charge in [0, 0.05) is 9.52 Å². The van der Waals surface area contributed by atoms with Crippen LogP contribution in [0.3, 0.4) is 0 Å². The van der Waals surface area contributed by atoms with Crippen LogP contribution in [0, 0.1) is 55.4 Å². The topological polar surface area (TPSA) is 0 Å². The van der Waals surface area contributed by atoms with Crippen molar-refractivity contribution in [2.75, 3.05) is 0 Å². The van der Waals surface area contributed by atoms with Gasteiger partial charge in [-0.3, -0.25) is 0 Å². The molecular formula is C20H34Cl2SiZr. The summed E-state index contributed by atoms with van der Waals surface area (Å²) in [6, 6.07) is 4.48. The van der Waals surface area contributed by atoms with Crippen molar-refractivity contribution in [3.05, 3.63) is 56.6 Å². The molecule has 0 fully saturated rings. The van der Waals surface area contributed by atoms with Crippen molar-refractivity contribution in [2.45, 2.75) is 68.5 Å². The number of hydrogen-bond donors (Lipinski definition) is 0. The van der Waals surface area contributed by atoms with E-state index in [9.17, 15) is 0 Å². The van der Waals surface area contributed by atoms with Gasteiger partial charge in [-0.2, -0.15) is 56.6 Å². The van der Waals surface area contributed by atoms with E-state index in [4.69, 9.17) is 0 Å². The Morgan fingerprint density at radius 2 is 0.875 bits per heavy atom. The van der Waals surface area contributed by atoms with Gasteiger partial charge in [0.05, 0.1) is 0 Å². The van der Waals surface area contributed by atoms with Gasteiger partial charge < -0.3 is 24.8 Å². The van der Waals surface area contributed by atoms with Crippen LogP contribution in [0.25, 0.3) is 0 Å².